The molecule has 0 saturated carbocycles. The van der Waals surface area contributed by atoms with E-state index in [2.05, 4.69) is 4.90 Å². The molecule has 1 atom stereocenters. The van der Waals surface area contributed by atoms with Gasteiger partial charge >= 0.3 is 6.18 Å². The van der Waals surface area contributed by atoms with Crippen molar-refractivity contribution >= 4 is 21.8 Å². The van der Waals surface area contributed by atoms with Crippen molar-refractivity contribution in [2.24, 2.45) is 0 Å². The van der Waals surface area contributed by atoms with Gasteiger partial charge < -0.3 is 4.74 Å². The van der Waals surface area contributed by atoms with Gasteiger partial charge in [0.1, 0.15) is 0 Å². The third kappa shape index (κ3) is 5.17. The highest BCUT2D eigenvalue weighted by molar-refractivity contribution is 7.99. The van der Waals surface area contributed by atoms with E-state index in [4.69, 9.17) is 4.74 Å². The Hall–Kier alpha value is -0.810. The van der Waals surface area contributed by atoms with Gasteiger partial charge in [0.2, 0.25) is 10.0 Å². The second kappa shape index (κ2) is 8.69. The Balaban J connectivity index is 1.87. The maximum atomic E-state index is 13.2. The highest BCUT2D eigenvalue weighted by Gasteiger charge is 2.36. The second-order valence-electron chi connectivity index (χ2n) is 6.64. The molecule has 0 N–H and O–H groups in total. The first kappa shape index (κ1) is 20.9. The lowest BCUT2D eigenvalue weighted by atomic mass is 10.2. The monoisotopic (exact) mass is 424 g/mol. The SMILES string of the molecule is O=S(=O)(c1cccc(C(F)(F)F)c1)N1CCCSC[C@@H]1CN1CCOCC1. The van der Waals surface area contributed by atoms with E-state index in [0.29, 0.717) is 38.5 Å². The molecule has 27 heavy (non-hydrogen) atoms. The molecule has 2 heterocycles. The minimum absolute atomic E-state index is 0.268. The topological polar surface area (TPSA) is 49.9 Å². The normalized spacial score (nSPS) is 23.9. The fourth-order valence-corrected chi connectivity index (χ4v) is 6.17. The number of sulfonamides is 1. The van der Waals surface area contributed by atoms with Crippen molar-refractivity contribution in [2.45, 2.75) is 23.5 Å². The van der Waals surface area contributed by atoms with E-state index >= 15 is 0 Å². The summed E-state index contributed by atoms with van der Waals surface area (Å²) in [4.78, 5) is 1.87. The number of hydrogen-bond donors (Lipinski definition) is 0. The maximum absolute atomic E-state index is 13.2. The molecule has 2 fully saturated rings. The number of nitrogens with zero attached hydrogens (tertiary/aromatic N) is 2. The predicted octanol–water partition coefficient (Wildman–Crippen LogP) is 2.53. The van der Waals surface area contributed by atoms with Crippen LogP contribution in [-0.2, 0) is 20.9 Å². The van der Waals surface area contributed by atoms with E-state index < -0.39 is 21.8 Å². The average molecular weight is 425 g/mol. The van der Waals surface area contributed by atoms with Gasteiger partial charge in [0.25, 0.3) is 0 Å². The summed E-state index contributed by atoms with van der Waals surface area (Å²) in [5.74, 6) is 1.48. The molecule has 0 aromatic heterocycles. The first-order valence-corrected chi connectivity index (χ1v) is 11.4. The van der Waals surface area contributed by atoms with Crippen LogP contribution in [0.25, 0.3) is 0 Å². The smallest absolute Gasteiger partial charge is 0.379 e. The van der Waals surface area contributed by atoms with Crippen LogP contribution in [0.15, 0.2) is 29.2 Å². The van der Waals surface area contributed by atoms with Crippen LogP contribution in [0, 0.1) is 0 Å². The largest absolute Gasteiger partial charge is 0.416 e. The maximum Gasteiger partial charge on any atom is 0.416 e. The number of halogens is 3. The molecule has 10 heteroatoms. The molecule has 3 rings (SSSR count). The Morgan fingerprint density at radius 3 is 2.63 bits per heavy atom. The van der Waals surface area contributed by atoms with E-state index in [-0.39, 0.29) is 10.9 Å². The molecule has 152 valence electrons. The van der Waals surface area contributed by atoms with E-state index in [1.165, 1.54) is 10.4 Å². The van der Waals surface area contributed by atoms with Crippen molar-refractivity contribution in [3.63, 3.8) is 0 Å². The zero-order valence-electron chi connectivity index (χ0n) is 14.8. The van der Waals surface area contributed by atoms with Crippen LogP contribution in [0.3, 0.4) is 0 Å². The molecule has 0 amide bonds. The molecule has 5 nitrogen and oxygen atoms in total. The van der Waals surface area contributed by atoms with Gasteiger partial charge in [0.05, 0.1) is 23.7 Å². The summed E-state index contributed by atoms with van der Waals surface area (Å²) in [5.41, 5.74) is -0.947. The predicted molar refractivity (Wildman–Crippen MR) is 98.3 cm³/mol. The Morgan fingerprint density at radius 2 is 1.93 bits per heavy atom. The second-order valence-corrected chi connectivity index (χ2v) is 9.68. The molecule has 0 radical (unpaired) electrons. The molecular formula is C17H23F3N2O3S2. The van der Waals surface area contributed by atoms with Crippen LogP contribution >= 0.6 is 11.8 Å². The van der Waals surface area contributed by atoms with E-state index in [9.17, 15) is 21.6 Å². The zero-order chi connectivity index (χ0) is 19.5. The van der Waals surface area contributed by atoms with Gasteiger partial charge in [-0.25, -0.2) is 8.42 Å². The van der Waals surface area contributed by atoms with Crippen molar-refractivity contribution in [1.29, 1.82) is 0 Å². The summed E-state index contributed by atoms with van der Waals surface area (Å²) in [6.45, 7) is 3.58. The molecular weight excluding hydrogens is 401 g/mol. The van der Waals surface area contributed by atoms with Crippen molar-refractivity contribution in [1.82, 2.24) is 9.21 Å². The van der Waals surface area contributed by atoms with Gasteiger partial charge in [-0.2, -0.15) is 29.2 Å². The summed E-state index contributed by atoms with van der Waals surface area (Å²) < 4.78 is 72.1. The van der Waals surface area contributed by atoms with Gasteiger partial charge in [-0.15, -0.1) is 0 Å². The fourth-order valence-electron chi connectivity index (χ4n) is 3.32. The summed E-state index contributed by atoms with van der Waals surface area (Å²) in [7, 11) is -4.01. The van der Waals surface area contributed by atoms with E-state index in [1.54, 1.807) is 11.8 Å². The van der Waals surface area contributed by atoms with Crippen LogP contribution in [0.1, 0.15) is 12.0 Å². The molecule has 0 aliphatic carbocycles. The molecule has 1 aromatic rings. The van der Waals surface area contributed by atoms with Crippen molar-refractivity contribution in [2.75, 3.05) is 50.9 Å². The highest BCUT2D eigenvalue weighted by Crippen LogP contribution is 2.32. The minimum atomic E-state index is -4.58. The number of benzene rings is 1. The van der Waals surface area contributed by atoms with Crippen molar-refractivity contribution in [3.05, 3.63) is 29.8 Å². The molecule has 2 aliphatic heterocycles. The Kier molecular flexibility index (Phi) is 6.73. The van der Waals surface area contributed by atoms with Gasteiger partial charge in [-0.05, 0) is 30.4 Å². The van der Waals surface area contributed by atoms with Crippen molar-refractivity contribution < 1.29 is 26.3 Å². The van der Waals surface area contributed by atoms with Gasteiger partial charge in [0.15, 0.2) is 0 Å². The lowest BCUT2D eigenvalue weighted by Crippen LogP contribution is -2.50. The third-order valence-electron chi connectivity index (χ3n) is 4.73. The minimum Gasteiger partial charge on any atom is -0.379 e. The van der Waals surface area contributed by atoms with Gasteiger partial charge in [0, 0.05) is 38.0 Å². The van der Waals surface area contributed by atoms with Crippen LogP contribution in [-0.4, -0.2) is 74.6 Å². The quantitative estimate of drug-likeness (QED) is 0.744. The molecule has 0 unspecified atom stereocenters. The number of alkyl halides is 3. The first-order valence-electron chi connectivity index (χ1n) is 8.85. The summed E-state index contributed by atoms with van der Waals surface area (Å²) >= 11 is 1.69. The third-order valence-corrected chi connectivity index (χ3v) is 7.87. The highest BCUT2D eigenvalue weighted by atomic mass is 32.2. The number of rotatable bonds is 4. The van der Waals surface area contributed by atoms with Gasteiger partial charge in [-0.1, -0.05) is 6.07 Å². The molecule has 1 aromatic carbocycles. The lowest BCUT2D eigenvalue weighted by molar-refractivity contribution is -0.137. The lowest BCUT2D eigenvalue weighted by Gasteiger charge is -2.35. The van der Waals surface area contributed by atoms with Crippen LogP contribution in [0.5, 0.6) is 0 Å². The molecule has 0 bridgehead atoms. The standard InChI is InChI=1S/C17H23F3N2O3S2/c18-17(19,20)14-3-1-4-16(11-14)27(23,24)22-5-2-10-26-13-15(22)12-21-6-8-25-9-7-21/h1,3-4,11,15H,2,5-10,12-13H2/t15-/m0/s1. The van der Waals surface area contributed by atoms with E-state index in [1.807, 2.05) is 0 Å². The summed E-state index contributed by atoms with van der Waals surface area (Å²) in [6, 6.07) is 3.75. The van der Waals surface area contributed by atoms with Crippen LogP contribution in [0.2, 0.25) is 0 Å². The van der Waals surface area contributed by atoms with Gasteiger partial charge in [-0.3, -0.25) is 4.90 Å². The van der Waals surface area contributed by atoms with Crippen molar-refractivity contribution in [3.8, 4) is 0 Å². The first-order chi connectivity index (χ1) is 12.8. The number of hydrogen-bond acceptors (Lipinski definition) is 5. The number of ether oxygens (including phenoxy) is 1. The Morgan fingerprint density at radius 1 is 1.19 bits per heavy atom. The summed E-state index contributed by atoms with van der Waals surface area (Å²) in [6.07, 6.45) is -3.89. The average Bonchev–Trinajstić information content (AvgIpc) is 2.88. The zero-order valence-corrected chi connectivity index (χ0v) is 16.5. The molecule has 0 spiro atoms. The number of thioether (sulfide) groups is 1. The summed E-state index contributed by atoms with van der Waals surface area (Å²) in [5, 5.41) is 0. The number of morpholine rings is 1. The van der Waals surface area contributed by atoms with E-state index in [0.717, 1.165) is 37.0 Å². The fraction of sp³-hybridized carbons (Fsp3) is 0.647. The van der Waals surface area contributed by atoms with Crippen LogP contribution in [0.4, 0.5) is 13.2 Å². The Labute approximate surface area is 161 Å². The molecule has 2 saturated heterocycles. The van der Waals surface area contributed by atoms with Crippen LogP contribution < -0.4 is 0 Å². The Bertz CT molecular complexity index is 737. The molecule has 2 aliphatic rings.